The summed E-state index contributed by atoms with van der Waals surface area (Å²) in [6, 6.07) is 12.4. The number of ether oxygens (including phenoxy) is 1. The zero-order valence-electron chi connectivity index (χ0n) is 14.1. The molecule has 8 heteroatoms. The van der Waals surface area contributed by atoms with Gasteiger partial charge in [0.25, 0.3) is 5.91 Å². The van der Waals surface area contributed by atoms with E-state index in [1.165, 1.54) is 10.4 Å². The summed E-state index contributed by atoms with van der Waals surface area (Å²) in [5.74, 6) is 0.0844. The highest BCUT2D eigenvalue weighted by atomic mass is 35.5. The van der Waals surface area contributed by atoms with E-state index in [2.05, 4.69) is 0 Å². The second-order valence-electron chi connectivity index (χ2n) is 6.38. The number of para-hydroxylation sites is 1. The van der Waals surface area contributed by atoms with Crippen LogP contribution in [0.5, 0.6) is 5.75 Å². The van der Waals surface area contributed by atoms with Crippen LogP contribution in [0.2, 0.25) is 5.02 Å². The molecule has 1 atom stereocenters. The van der Waals surface area contributed by atoms with Gasteiger partial charge in [0.2, 0.25) is 10.0 Å². The van der Waals surface area contributed by atoms with Crippen LogP contribution in [0, 0.1) is 0 Å². The Labute approximate surface area is 157 Å². The van der Waals surface area contributed by atoms with E-state index in [4.69, 9.17) is 16.3 Å². The maximum atomic E-state index is 13.1. The maximum Gasteiger partial charge on any atom is 0.269 e. The molecule has 0 aliphatic carbocycles. The molecule has 1 amide bonds. The lowest BCUT2D eigenvalue weighted by molar-refractivity contribution is -0.125. The van der Waals surface area contributed by atoms with Gasteiger partial charge in [0.15, 0.2) is 6.10 Å². The van der Waals surface area contributed by atoms with Crippen LogP contribution in [0.15, 0.2) is 42.5 Å². The first-order valence-corrected chi connectivity index (χ1v) is 10.4. The van der Waals surface area contributed by atoms with Crippen LogP contribution in [0.3, 0.4) is 0 Å². The molecule has 136 valence electrons. The van der Waals surface area contributed by atoms with Crippen molar-refractivity contribution in [3.8, 4) is 5.75 Å². The number of hydrogen-bond donors (Lipinski definition) is 0. The van der Waals surface area contributed by atoms with Gasteiger partial charge in [-0.15, -0.1) is 0 Å². The third-order valence-electron chi connectivity index (χ3n) is 4.62. The number of sulfonamides is 1. The Morgan fingerprint density at radius 2 is 1.96 bits per heavy atom. The molecule has 0 saturated carbocycles. The number of nitrogens with zero attached hydrogens (tertiary/aromatic N) is 2. The number of amides is 1. The molecule has 0 radical (unpaired) electrons. The van der Waals surface area contributed by atoms with E-state index >= 15 is 0 Å². The molecule has 2 heterocycles. The fourth-order valence-electron chi connectivity index (χ4n) is 3.41. The van der Waals surface area contributed by atoms with E-state index < -0.39 is 16.1 Å². The monoisotopic (exact) mass is 392 g/mol. The van der Waals surface area contributed by atoms with Crippen LogP contribution in [-0.2, 0) is 21.2 Å². The Bertz CT molecular complexity index is 992. The third-order valence-corrected chi connectivity index (χ3v) is 6.00. The molecule has 26 heavy (non-hydrogen) atoms. The standard InChI is InChI=1S/C18H17ClN2O4S/c1-26(23,24)21-11-17(25-16-7-6-13(19)10-15(16)21)18(22)20-9-8-12-4-2-3-5-14(12)20/h2-7,10,17H,8-9,11H2,1H3/t17-/m0/s1. The Morgan fingerprint density at radius 1 is 1.19 bits per heavy atom. The lowest BCUT2D eigenvalue weighted by atomic mass is 10.1. The molecule has 0 unspecified atom stereocenters. The third kappa shape index (κ3) is 2.91. The van der Waals surface area contributed by atoms with E-state index in [0.29, 0.717) is 23.0 Å². The summed E-state index contributed by atoms with van der Waals surface area (Å²) in [4.78, 5) is 14.7. The van der Waals surface area contributed by atoms with E-state index in [0.717, 1.165) is 23.9 Å². The summed E-state index contributed by atoms with van der Waals surface area (Å²) in [7, 11) is -3.58. The van der Waals surface area contributed by atoms with Crippen LogP contribution in [-0.4, -0.2) is 39.8 Å². The first-order valence-electron chi connectivity index (χ1n) is 8.18. The van der Waals surface area contributed by atoms with Crippen LogP contribution in [0.1, 0.15) is 5.56 Å². The quantitative estimate of drug-likeness (QED) is 0.787. The van der Waals surface area contributed by atoms with Gasteiger partial charge in [-0.05, 0) is 36.2 Å². The average molecular weight is 393 g/mol. The van der Waals surface area contributed by atoms with Crippen LogP contribution >= 0.6 is 11.6 Å². The first-order chi connectivity index (χ1) is 12.3. The van der Waals surface area contributed by atoms with Crippen molar-refractivity contribution in [2.24, 2.45) is 0 Å². The summed E-state index contributed by atoms with van der Waals surface area (Å²) in [5.41, 5.74) is 2.31. The molecule has 0 N–H and O–H groups in total. The SMILES string of the molecule is CS(=O)(=O)N1C[C@@H](C(=O)N2CCc3ccccc32)Oc2ccc(Cl)cc21. The molecular formula is C18H17ClN2O4S. The van der Waals surface area contributed by atoms with Gasteiger partial charge in [0, 0.05) is 17.3 Å². The summed E-state index contributed by atoms with van der Waals surface area (Å²) in [5, 5.41) is 0.402. The molecule has 0 bridgehead atoms. The van der Waals surface area contributed by atoms with Gasteiger partial charge in [-0.2, -0.15) is 0 Å². The Hall–Kier alpha value is -2.25. The van der Waals surface area contributed by atoms with Crippen LogP contribution < -0.4 is 13.9 Å². The lowest BCUT2D eigenvalue weighted by Gasteiger charge is -2.35. The number of benzene rings is 2. The zero-order chi connectivity index (χ0) is 18.5. The van der Waals surface area contributed by atoms with Crippen molar-refractivity contribution < 1.29 is 17.9 Å². The fraction of sp³-hybridized carbons (Fsp3) is 0.278. The number of anilines is 2. The Balaban J connectivity index is 1.69. The zero-order valence-corrected chi connectivity index (χ0v) is 15.6. The smallest absolute Gasteiger partial charge is 0.269 e. The highest BCUT2D eigenvalue weighted by molar-refractivity contribution is 7.92. The minimum atomic E-state index is -3.58. The number of carbonyl (C=O) groups excluding carboxylic acids is 1. The minimum Gasteiger partial charge on any atom is -0.476 e. The second kappa shape index (κ2) is 6.17. The fourth-order valence-corrected chi connectivity index (χ4v) is 4.48. The normalized spacial score (nSPS) is 18.9. The molecule has 0 saturated heterocycles. The van der Waals surface area contributed by atoms with Crippen LogP contribution in [0.4, 0.5) is 11.4 Å². The molecule has 2 aromatic carbocycles. The van der Waals surface area contributed by atoms with Gasteiger partial charge in [-0.1, -0.05) is 29.8 Å². The van der Waals surface area contributed by atoms with Gasteiger partial charge in [-0.3, -0.25) is 9.10 Å². The molecule has 2 aliphatic heterocycles. The molecule has 2 aromatic rings. The predicted octanol–water partition coefficient (Wildman–Crippen LogP) is 2.46. The summed E-state index contributed by atoms with van der Waals surface area (Å²) < 4.78 is 31.5. The van der Waals surface area contributed by atoms with E-state index in [9.17, 15) is 13.2 Å². The largest absolute Gasteiger partial charge is 0.476 e. The molecular weight excluding hydrogens is 376 g/mol. The minimum absolute atomic E-state index is 0.0797. The Morgan fingerprint density at radius 3 is 2.73 bits per heavy atom. The molecule has 0 spiro atoms. The molecule has 2 aliphatic rings. The lowest BCUT2D eigenvalue weighted by Crippen LogP contribution is -2.51. The van der Waals surface area contributed by atoms with Gasteiger partial charge in [-0.25, -0.2) is 8.42 Å². The number of hydrogen-bond acceptors (Lipinski definition) is 4. The van der Waals surface area contributed by atoms with Gasteiger partial charge in [0.1, 0.15) is 5.75 Å². The number of fused-ring (bicyclic) bond motifs is 2. The molecule has 0 aromatic heterocycles. The Kier molecular flexibility index (Phi) is 4.08. The predicted molar refractivity (Wildman–Crippen MR) is 101 cm³/mol. The van der Waals surface area contributed by atoms with E-state index in [-0.39, 0.29) is 12.5 Å². The van der Waals surface area contributed by atoms with Gasteiger partial charge >= 0.3 is 0 Å². The number of carbonyl (C=O) groups is 1. The van der Waals surface area contributed by atoms with Crippen molar-refractivity contribution in [2.45, 2.75) is 12.5 Å². The van der Waals surface area contributed by atoms with Crippen molar-refractivity contribution in [3.63, 3.8) is 0 Å². The first kappa shape index (κ1) is 17.2. The highest BCUT2D eigenvalue weighted by Crippen LogP contribution is 2.38. The molecule has 0 fully saturated rings. The van der Waals surface area contributed by atoms with Crippen LogP contribution in [0.25, 0.3) is 0 Å². The van der Waals surface area contributed by atoms with E-state index in [1.54, 1.807) is 17.0 Å². The summed E-state index contributed by atoms with van der Waals surface area (Å²) in [6.45, 7) is 0.480. The number of halogens is 1. The average Bonchev–Trinajstić information content (AvgIpc) is 3.03. The van der Waals surface area contributed by atoms with Crippen molar-refractivity contribution in [2.75, 3.05) is 28.6 Å². The van der Waals surface area contributed by atoms with Crippen molar-refractivity contribution >= 4 is 38.9 Å². The van der Waals surface area contributed by atoms with Crippen molar-refractivity contribution in [1.29, 1.82) is 0 Å². The molecule has 4 rings (SSSR count). The van der Waals surface area contributed by atoms with E-state index in [1.807, 2.05) is 24.3 Å². The summed E-state index contributed by atoms with van der Waals surface area (Å²) in [6.07, 6.45) is 0.969. The highest BCUT2D eigenvalue weighted by Gasteiger charge is 2.38. The number of rotatable bonds is 2. The van der Waals surface area contributed by atoms with Gasteiger partial charge < -0.3 is 9.64 Å². The molecule has 6 nitrogen and oxygen atoms in total. The second-order valence-corrected chi connectivity index (χ2v) is 8.72. The summed E-state index contributed by atoms with van der Waals surface area (Å²) >= 11 is 6.00. The topological polar surface area (TPSA) is 66.9 Å². The van der Waals surface area contributed by atoms with Gasteiger partial charge in [0.05, 0.1) is 18.5 Å². The maximum absolute atomic E-state index is 13.1. The van der Waals surface area contributed by atoms with Crippen molar-refractivity contribution in [1.82, 2.24) is 0 Å². The van der Waals surface area contributed by atoms with Crippen molar-refractivity contribution in [3.05, 3.63) is 53.1 Å².